The van der Waals surface area contributed by atoms with Crippen LogP contribution in [-0.4, -0.2) is 45.4 Å². The lowest BCUT2D eigenvalue weighted by Crippen LogP contribution is -2.45. The Morgan fingerprint density at radius 2 is 1.76 bits per heavy atom. The van der Waals surface area contributed by atoms with Crippen molar-refractivity contribution in [1.82, 2.24) is 19.9 Å². The highest BCUT2D eigenvalue weighted by molar-refractivity contribution is 5.80. The van der Waals surface area contributed by atoms with Gasteiger partial charge in [-0.05, 0) is 49.4 Å². The zero-order valence-corrected chi connectivity index (χ0v) is 14.3. The standard InChI is InChI=1S/C19H23N5O/c25-18(24-13-2-5-17(24)15-6-10-20-11-7-15)16-4-1-12-23(14-16)19-21-8-3-9-22-19/h3,6-11,16-17H,1-2,4-5,12-14H2/t16-,17-/m0/s1. The summed E-state index contributed by atoms with van der Waals surface area (Å²) < 4.78 is 0. The van der Waals surface area contributed by atoms with Gasteiger partial charge in [0.25, 0.3) is 0 Å². The molecule has 0 saturated carbocycles. The summed E-state index contributed by atoms with van der Waals surface area (Å²) in [6.45, 7) is 2.48. The number of carbonyl (C=O) groups is 1. The second-order valence-corrected chi connectivity index (χ2v) is 6.80. The number of rotatable bonds is 3. The third kappa shape index (κ3) is 3.34. The lowest BCUT2D eigenvalue weighted by molar-refractivity contribution is -0.136. The Morgan fingerprint density at radius 1 is 1.00 bits per heavy atom. The Morgan fingerprint density at radius 3 is 2.56 bits per heavy atom. The van der Waals surface area contributed by atoms with Crippen LogP contribution in [0.3, 0.4) is 0 Å². The van der Waals surface area contributed by atoms with Crippen molar-refractivity contribution in [2.45, 2.75) is 31.7 Å². The molecule has 0 aliphatic carbocycles. The lowest BCUT2D eigenvalue weighted by Gasteiger charge is -2.35. The molecule has 2 aliphatic rings. The fraction of sp³-hybridized carbons (Fsp3) is 0.474. The Balaban J connectivity index is 1.48. The SMILES string of the molecule is O=C([C@H]1CCCN(c2ncccn2)C1)N1CCC[C@H]1c1ccncc1. The molecule has 4 heterocycles. The van der Waals surface area contributed by atoms with Gasteiger partial charge in [0, 0.05) is 44.4 Å². The average Bonchev–Trinajstić information content (AvgIpc) is 3.19. The maximum absolute atomic E-state index is 13.2. The number of aromatic nitrogens is 3. The first-order valence-corrected chi connectivity index (χ1v) is 9.05. The van der Waals surface area contributed by atoms with Crippen LogP contribution in [0.25, 0.3) is 0 Å². The van der Waals surface area contributed by atoms with Gasteiger partial charge in [-0.2, -0.15) is 0 Å². The van der Waals surface area contributed by atoms with E-state index < -0.39 is 0 Å². The molecule has 6 heteroatoms. The Bertz CT molecular complexity index is 708. The van der Waals surface area contributed by atoms with Crippen molar-refractivity contribution in [2.75, 3.05) is 24.5 Å². The molecule has 0 spiro atoms. The molecule has 6 nitrogen and oxygen atoms in total. The molecule has 4 rings (SSSR count). The summed E-state index contributed by atoms with van der Waals surface area (Å²) in [7, 11) is 0. The van der Waals surface area contributed by atoms with Gasteiger partial charge in [0.05, 0.1) is 12.0 Å². The molecule has 0 aromatic carbocycles. The Kier molecular flexibility index (Phi) is 4.59. The fourth-order valence-electron chi connectivity index (χ4n) is 4.01. The van der Waals surface area contributed by atoms with E-state index in [1.807, 2.05) is 30.6 Å². The van der Waals surface area contributed by atoms with E-state index in [9.17, 15) is 4.79 Å². The molecule has 2 saturated heterocycles. The summed E-state index contributed by atoms with van der Waals surface area (Å²) in [6, 6.07) is 6.07. The van der Waals surface area contributed by atoms with Crippen LogP contribution in [0.4, 0.5) is 5.95 Å². The number of piperidine rings is 1. The van der Waals surface area contributed by atoms with Crippen molar-refractivity contribution in [3.05, 3.63) is 48.5 Å². The zero-order chi connectivity index (χ0) is 17.1. The second-order valence-electron chi connectivity index (χ2n) is 6.80. The predicted molar refractivity (Wildman–Crippen MR) is 94.9 cm³/mol. The summed E-state index contributed by atoms with van der Waals surface area (Å²) in [5.74, 6) is 1.03. The van der Waals surface area contributed by atoms with E-state index in [0.29, 0.717) is 6.54 Å². The van der Waals surface area contributed by atoms with Crippen LogP contribution in [0.2, 0.25) is 0 Å². The second kappa shape index (κ2) is 7.17. The molecule has 2 aliphatic heterocycles. The normalized spacial score (nSPS) is 23.7. The molecular weight excluding hydrogens is 314 g/mol. The molecule has 0 bridgehead atoms. The molecule has 2 fully saturated rings. The minimum absolute atomic E-state index is 0.0278. The summed E-state index contributed by atoms with van der Waals surface area (Å²) in [5.41, 5.74) is 1.19. The summed E-state index contributed by atoms with van der Waals surface area (Å²) >= 11 is 0. The highest BCUT2D eigenvalue weighted by Gasteiger charge is 2.36. The number of nitrogens with zero attached hydrogens (tertiary/aromatic N) is 5. The van der Waals surface area contributed by atoms with Gasteiger partial charge in [0.15, 0.2) is 0 Å². The third-order valence-corrected chi connectivity index (χ3v) is 5.23. The third-order valence-electron chi connectivity index (χ3n) is 5.23. The highest BCUT2D eigenvalue weighted by atomic mass is 16.2. The van der Waals surface area contributed by atoms with E-state index >= 15 is 0 Å². The van der Waals surface area contributed by atoms with Crippen LogP contribution >= 0.6 is 0 Å². The molecule has 25 heavy (non-hydrogen) atoms. The van der Waals surface area contributed by atoms with Gasteiger partial charge in [-0.15, -0.1) is 0 Å². The smallest absolute Gasteiger partial charge is 0.227 e. The number of carbonyl (C=O) groups excluding carboxylic acids is 1. The Labute approximate surface area is 147 Å². The largest absolute Gasteiger partial charge is 0.340 e. The molecule has 2 aromatic heterocycles. The van der Waals surface area contributed by atoms with E-state index in [2.05, 4.69) is 24.8 Å². The number of pyridine rings is 1. The van der Waals surface area contributed by atoms with Crippen molar-refractivity contribution in [3.8, 4) is 0 Å². The van der Waals surface area contributed by atoms with Crippen LogP contribution in [0.15, 0.2) is 43.0 Å². The van der Waals surface area contributed by atoms with Gasteiger partial charge in [-0.3, -0.25) is 9.78 Å². The summed E-state index contributed by atoms with van der Waals surface area (Å²) in [4.78, 5) is 30.2. The van der Waals surface area contributed by atoms with Crippen molar-refractivity contribution in [1.29, 1.82) is 0 Å². The molecule has 0 radical (unpaired) electrons. The molecular formula is C19H23N5O. The van der Waals surface area contributed by atoms with E-state index in [0.717, 1.165) is 44.7 Å². The van der Waals surface area contributed by atoms with E-state index in [4.69, 9.17) is 0 Å². The highest BCUT2D eigenvalue weighted by Crippen LogP contribution is 2.34. The summed E-state index contributed by atoms with van der Waals surface area (Å²) in [5, 5.41) is 0. The quantitative estimate of drug-likeness (QED) is 0.861. The molecule has 2 aromatic rings. The average molecular weight is 337 g/mol. The van der Waals surface area contributed by atoms with Gasteiger partial charge < -0.3 is 9.80 Å². The van der Waals surface area contributed by atoms with Crippen LogP contribution in [0.5, 0.6) is 0 Å². The van der Waals surface area contributed by atoms with Crippen molar-refractivity contribution in [3.63, 3.8) is 0 Å². The molecule has 2 atom stereocenters. The van der Waals surface area contributed by atoms with Gasteiger partial charge in [0.2, 0.25) is 11.9 Å². The van der Waals surface area contributed by atoms with Crippen molar-refractivity contribution < 1.29 is 4.79 Å². The van der Waals surface area contributed by atoms with Crippen LogP contribution in [0, 0.1) is 5.92 Å². The summed E-state index contributed by atoms with van der Waals surface area (Å²) in [6.07, 6.45) is 11.2. The van der Waals surface area contributed by atoms with Gasteiger partial charge in [0.1, 0.15) is 0 Å². The first-order chi connectivity index (χ1) is 12.3. The van der Waals surface area contributed by atoms with Gasteiger partial charge in [-0.25, -0.2) is 9.97 Å². The first-order valence-electron chi connectivity index (χ1n) is 9.05. The lowest BCUT2D eigenvalue weighted by atomic mass is 9.95. The predicted octanol–water partition coefficient (Wildman–Crippen LogP) is 2.45. The number of hydrogen-bond acceptors (Lipinski definition) is 5. The topological polar surface area (TPSA) is 62.2 Å². The molecule has 0 N–H and O–H groups in total. The van der Waals surface area contributed by atoms with Gasteiger partial charge >= 0.3 is 0 Å². The maximum Gasteiger partial charge on any atom is 0.227 e. The number of hydrogen-bond donors (Lipinski definition) is 0. The van der Waals surface area contributed by atoms with Crippen molar-refractivity contribution >= 4 is 11.9 Å². The molecule has 130 valence electrons. The molecule has 1 amide bonds. The van der Waals surface area contributed by atoms with E-state index in [1.54, 1.807) is 12.4 Å². The monoisotopic (exact) mass is 337 g/mol. The number of likely N-dealkylation sites (tertiary alicyclic amines) is 1. The van der Waals surface area contributed by atoms with Crippen molar-refractivity contribution in [2.24, 2.45) is 5.92 Å². The maximum atomic E-state index is 13.2. The number of amides is 1. The van der Waals surface area contributed by atoms with Crippen LogP contribution in [0.1, 0.15) is 37.3 Å². The Hall–Kier alpha value is -2.50. The zero-order valence-electron chi connectivity index (χ0n) is 14.3. The minimum atomic E-state index is 0.0278. The van der Waals surface area contributed by atoms with Crippen LogP contribution < -0.4 is 4.90 Å². The van der Waals surface area contributed by atoms with E-state index in [-0.39, 0.29) is 17.9 Å². The first kappa shape index (κ1) is 16.0. The van der Waals surface area contributed by atoms with Gasteiger partial charge in [-0.1, -0.05) is 0 Å². The minimum Gasteiger partial charge on any atom is -0.340 e. The van der Waals surface area contributed by atoms with E-state index in [1.165, 1.54) is 5.56 Å². The number of anilines is 1. The van der Waals surface area contributed by atoms with Crippen LogP contribution in [-0.2, 0) is 4.79 Å². The fourth-order valence-corrected chi connectivity index (χ4v) is 4.01. The molecule has 0 unspecified atom stereocenters.